The van der Waals surface area contributed by atoms with Gasteiger partial charge >= 0.3 is 0 Å². The fraction of sp³-hybridized carbons (Fsp3) is 0.550. The number of hydrogen-bond acceptors (Lipinski definition) is 3. The number of nitrogens with zero attached hydrogens (tertiary/aromatic N) is 2. The van der Waals surface area contributed by atoms with E-state index < -0.39 is 6.04 Å². The number of aryl methyl sites for hydroxylation is 1. The number of rotatable bonds is 4. The first-order valence-corrected chi connectivity index (χ1v) is 9.21. The van der Waals surface area contributed by atoms with Crippen LogP contribution in [0.3, 0.4) is 0 Å². The Hall–Kier alpha value is -2.37. The number of carbonyl (C=O) groups is 3. The molecule has 1 aromatic rings. The zero-order valence-electron chi connectivity index (χ0n) is 16.1. The van der Waals surface area contributed by atoms with E-state index in [2.05, 4.69) is 5.32 Å². The molecule has 0 bridgehead atoms. The molecule has 142 valence electrons. The maximum absolute atomic E-state index is 13.0. The van der Waals surface area contributed by atoms with Crippen LogP contribution in [-0.4, -0.2) is 59.7 Å². The second-order valence-electron chi connectivity index (χ2n) is 7.25. The lowest BCUT2D eigenvalue weighted by Crippen LogP contribution is -2.52. The van der Waals surface area contributed by atoms with Crippen molar-refractivity contribution >= 4 is 17.7 Å². The maximum atomic E-state index is 13.0. The smallest absolute Gasteiger partial charge is 0.251 e. The summed E-state index contributed by atoms with van der Waals surface area (Å²) in [5.41, 5.74) is 1.56. The zero-order valence-corrected chi connectivity index (χ0v) is 16.1. The molecule has 0 aliphatic carbocycles. The van der Waals surface area contributed by atoms with Crippen LogP contribution in [0.25, 0.3) is 0 Å². The summed E-state index contributed by atoms with van der Waals surface area (Å²) in [4.78, 5) is 40.7. The first kappa shape index (κ1) is 19.9. The van der Waals surface area contributed by atoms with Crippen molar-refractivity contribution in [2.24, 2.45) is 5.92 Å². The summed E-state index contributed by atoms with van der Waals surface area (Å²) in [6, 6.07) is 6.75. The Bertz CT molecular complexity index is 672. The number of benzene rings is 1. The highest BCUT2D eigenvalue weighted by molar-refractivity contribution is 5.97. The van der Waals surface area contributed by atoms with Crippen molar-refractivity contribution < 1.29 is 14.4 Å². The van der Waals surface area contributed by atoms with Crippen LogP contribution in [0, 0.1) is 12.8 Å². The van der Waals surface area contributed by atoms with Crippen LogP contribution < -0.4 is 5.32 Å². The van der Waals surface area contributed by atoms with Crippen LogP contribution in [0.2, 0.25) is 0 Å². The van der Waals surface area contributed by atoms with Crippen molar-refractivity contribution in [2.45, 2.75) is 40.2 Å². The molecule has 1 unspecified atom stereocenters. The molecule has 0 spiro atoms. The van der Waals surface area contributed by atoms with E-state index in [4.69, 9.17) is 0 Å². The van der Waals surface area contributed by atoms with Gasteiger partial charge < -0.3 is 15.1 Å². The quantitative estimate of drug-likeness (QED) is 0.892. The molecule has 1 heterocycles. The Morgan fingerprint density at radius 3 is 2.31 bits per heavy atom. The van der Waals surface area contributed by atoms with Crippen molar-refractivity contribution in [1.82, 2.24) is 15.1 Å². The average molecular weight is 359 g/mol. The minimum absolute atomic E-state index is 0.0246. The lowest BCUT2D eigenvalue weighted by molar-refractivity contribution is -0.135. The molecule has 6 nitrogen and oxygen atoms in total. The summed E-state index contributed by atoms with van der Waals surface area (Å²) in [5.74, 6) is -0.303. The fourth-order valence-corrected chi connectivity index (χ4v) is 3.17. The zero-order chi connectivity index (χ0) is 19.3. The van der Waals surface area contributed by atoms with Crippen molar-refractivity contribution in [2.75, 3.05) is 26.2 Å². The van der Waals surface area contributed by atoms with Gasteiger partial charge in [0.2, 0.25) is 11.8 Å². The molecule has 1 saturated heterocycles. The van der Waals surface area contributed by atoms with Gasteiger partial charge in [-0.25, -0.2) is 0 Å². The summed E-state index contributed by atoms with van der Waals surface area (Å²) in [7, 11) is 0. The third-order valence-corrected chi connectivity index (χ3v) is 4.75. The van der Waals surface area contributed by atoms with Gasteiger partial charge in [0.05, 0.1) is 0 Å². The molecule has 1 fully saturated rings. The molecule has 0 aromatic heterocycles. The molecule has 26 heavy (non-hydrogen) atoms. The highest BCUT2D eigenvalue weighted by Gasteiger charge is 2.30. The van der Waals surface area contributed by atoms with E-state index in [1.54, 1.807) is 22.8 Å². The van der Waals surface area contributed by atoms with Gasteiger partial charge in [0, 0.05) is 38.7 Å². The monoisotopic (exact) mass is 359 g/mol. The molecule has 3 amide bonds. The van der Waals surface area contributed by atoms with Crippen LogP contribution in [0.5, 0.6) is 0 Å². The maximum Gasteiger partial charge on any atom is 0.251 e. The molecule has 6 heteroatoms. The molecule has 0 radical (unpaired) electrons. The largest absolute Gasteiger partial charge is 0.341 e. The van der Waals surface area contributed by atoms with E-state index in [0.717, 1.165) is 12.0 Å². The molecule has 1 aliphatic rings. The van der Waals surface area contributed by atoms with Gasteiger partial charge in [-0.3, -0.25) is 14.4 Å². The second-order valence-corrected chi connectivity index (χ2v) is 7.25. The molecule has 1 N–H and O–H groups in total. The van der Waals surface area contributed by atoms with Crippen molar-refractivity contribution in [3.05, 3.63) is 35.4 Å². The Morgan fingerprint density at radius 2 is 1.69 bits per heavy atom. The molecule has 1 aliphatic heterocycles. The van der Waals surface area contributed by atoms with E-state index >= 15 is 0 Å². The first-order valence-electron chi connectivity index (χ1n) is 9.21. The van der Waals surface area contributed by atoms with Crippen molar-refractivity contribution in [1.29, 1.82) is 0 Å². The minimum atomic E-state index is -0.577. The molecule has 1 aromatic carbocycles. The average Bonchev–Trinajstić information content (AvgIpc) is 2.85. The van der Waals surface area contributed by atoms with Crippen LogP contribution in [0.15, 0.2) is 24.3 Å². The van der Waals surface area contributed by atoms with Crippen LogP contribution in [0.1, 0.15) is 43.1 Å². The van der Waals surface area contributed by atoms with Crippen LogP contribution >= 0.6 is 0 Å². The summed E-state index contributed by atoms with van der Waals surface area (Å²) in [5, 5.41) is 2.90. The third-order valence-electron chi connectivity index (χ3n) is 4.75. The highest BCUT2D eigenvalue weighted by atomic mass is 16.2. The predicted molar refractivity (Wildman–Crippen MR) is 101 cm³/mol. The molecular weight excluding hydrogens is 330 g/mol. The Kier molecular flexibility index (Phi) is 6.77. The van der Waals surface area contributed by atoms with E-state index in [9.17, 15) is 14.4 Å². The van der Waals surface area contributed by atoms with Crippen LogP contribution in [-0.2, 0) is 9.59 Å². The number of hydrogen-bond donors (Lipinski definition) is 1. The number of amides is 3. The topological polar surface area (TPSA) is 69.7 Å². The fourth-order valence-electron chi connectivity index (χ4n) is 3.17. The van der Waals surface area contributed by atoms with E-state index in [0.29, 0.717) is 31.7 Å². The Balaban J connectivity index is 2.07. The van der Waals surface area contributed by atoms with Crippen LogP contribution in [0.4, 0.5) is 0 Å². The minimum Gasteiger partial charge on any atom is -0.341 e. The van der Waals surface area contributed by atoms with E-state index in [1.165, 1.54) is 0 Å². The lowest BCUT2D eigenvalue weighted by atomic mass is 10.0. The predicted octanol–water partition coefficient (Wildman–Crippen LogP) is 1.83. The van der Waals surface area contributed by atoms with E-state index in [-0.39, 0.29) is 23.6 Å². The Morgan fingerprint density at radius 1 is 1.04 bits per heavy atom. The van der Waals surface area contributed by atoms with Gasteiger partial charge in [0.25, 0.3) is 5.91 Å². The molecular formula is C20H29N3O3. The SMILES string of the molecule is CC(=O)N1CCCN(C(=O)C(NC(=O)c2cccc(C)c2)C(C)C)CC1. The Labute approximate surface area is 155 Å². The second kappa shape index (κ2) is 8.83. The number of carbonyl (C=O) groups excluding carboxylic acids is 3. The van der Waals surface area contributed by atoms with Crippen molar-refractivity contribution in [3.8, 4) is 0 Å². The van der Waals surface area contributed by atoms with Crippen molar-refractivity contribution in [3.63, 3.8) is 0 Å². The molecule has 0 saturated carbocycles. The molecule has 1 atom stereocenters. The molecule has 2 rings (SSSR count). The number of nitrogens with one attached hydrogen (secondary N) is 1. The third kappa shape index (κ3) is 5.07. The van der Waals surface area contributed by atoms with E-state index in [1.807, 2.05) is 39.0 Å². The summed E-state index contributed by atoms with van der Waals surface area (Å²) in [6.45, 7) is 9.65. The highest BCUT2D eigenvalue weighted by Crippen LogP contribution is 2.12. The summed E-state index contributed by atoms with van der Waals surface area (Å²) < 4.78 is 0. The summed E-state index contributed by atoms with van der Waals surface area (Å²) in [6.07, 6.45) is 0.752. The van der Waals surface area contributed by atoms with Gasteiger partial charge in [0.1, 0.15) is 6.04 Å². The van der Waals surface area contributed by atoms with Gasteiger partial charge in [0.15, 0.2) is 0 Å². The normalized spacial score (nSPS) is 16.2. The standard InChI is InChI=1S/C20H29N3O3/c1-14(2)18(21-19(25)17-8-5-7-15(3)13-17)20(26)23-10-6-9-22(11-12-23)16(4)24/h5,7-8,13-14,18H,6,9-12H2,1-4H3,(H,21,25). The summed E-state index contributed by atoms with van der Waals surface area (Å²) >= 11 is 0. The van der Waals surface area contributed by atoms with Gasteiger partial charge in [-0.2, -0.15) is 0 Å². The lowest BCUT2D eigenvalue weighted by Gasteiger charge is -2.29. The van der Waals surface area contributed by atoms with Gasteiger partial charge in [-0.05, 0) is 31.4 Å². The van der Waals surface area contributed by atoms with Gasteiger partial charge in [-0.15, -0.1) is 0 Å². The first-order chi connectivity index (χ1) is 12.3. The van der Waals surface area contributed by atoms with Gasteiger partial charge in [-0.1, -0.05) is 31.5 Å².